The van der Waals surface area contributed by atoms with Crippen molar-refractivity contribution < 1.29 is 9.26 Å². The van der Waals surface area contributed by atoms with E-state index in [1.165, 1.54) is 0 Å². The molecule has 0 atom stereocenters. The maximum atomic E-state index is 6.03. The van der Waals surface area contributed by atoms with E-state index in [1.54, 1.807) is 6.26 Å². The lowest BCUT2D eigenvalue weighted by Gasteiger charge is -2.10. The molecule has 5 nitrogen and oxygen atoms in total. The van der Waals surface area contributed by atoms with Gasteiger partial charge >= 0.3 is 0 Å². The van der Waals surface area contributed by atoms with Crippen molar-refractivity contribution in [3.8, 4) is 5.75 Å². The first-order valence-electron chi connectivity index (χ1n) is 6.79. The molecule has 0 fully saturated rings. The molecule has 1 aromatic carbocycles. The van der Waals surface area contributed by atoms with E-state index in [0.717, 1.165) is 28.3 Å². The second-order valence-electron chi connectivity index (χ2n) is 5.03. The average molecular weight is 306 g/mol. The van der Waals surface area contributed by atoms with Crippen molar-refractivity contribution in [2.24, 2.45) is 0 Å². The van der Waals surface area contributed by atoms with Gasteiger partial charge in [-0.1, -0.05) is 11.2 Å². The van der Waals surface area contributed by atoms with Gasteiger partial charge in [-0.25, -0.2) is 4.98 Å². The number of hydrogen-bond donors (Lipinski definition) is 0. The number of aromatic nitrogens is 3. The largest absolute Gasteiger partial charge is 0.489 e. The zero-order chi connectivity index (χ0) is 14.8. The van der Waals surface area contributed by atoms with Crippen LogP contribution in [0.25, 0.3) is 11.0 Å². The molecule has 0 aliphatic carbocycles. The second-order valence-corrected chi connectivity index (χ2v) is 5.30. The molecular formula is C15H16ClN3O2. The Balaban J connectivity index is 2.10. The van der Waals surface area contributed by atoms with Gasteiger partial charge in [-0.3, -0.25) is 0 Å². The van der Waals surface area contributed by atoms with Gasteiger partial charge < -0.3 is 13.8 Å². The van der Waals surface area contributed by atoms with E-state index in [1.807, 2.05) is 42.7 Å². The minimum absolute atomic E-state index is 0.0933. The molecule has 110 valence electrons. The summed E-state index contributed by atoms with van der Waals surface area (Å²) in [6, 6.07) is 7.72. The van der Waals surface area contributed by atoms with Gasteiger partial charge in [0.2, 0.25) is 0 Å². The summed E-state index contributed by atoms with van der Waals surface area (Å²) in [7, 11) is 0. The van der Waals surface area contributed by atoms with Crippen LogP contribution in [0, 0.1) is 0 Å². The topological polar surface area (TPSA) is 53.1 Å². The minimum Gasteiger partial charge on any atom is -0.489 e. The highest BCUT2D eigenvalue weighted by molar-refractivity contribution is 6.16. The van der Waals surface area contributed by atoms with Crippen molar-refractivity contribution in [1.82, 2.24) is 14.7 Å². The molecule has 6 heteroatoms. The molecule has 0 N–H and O–H groups in total. The molecule has 0 spiro atoms. The first kappa shape index (κ1) is 13.9. The van der Waals surface area contributed by atoms with Crippen LogP contribution in [0.2, 0.25) is 0 Å². The van der Waals surface area contributed by atoms with Crippen molar-refractivity contribution in [1.29, 1.82) is 0 Å². The first-order chi connectivity index (χ1) is 10.2. The van der Waals surface area contributed by atoms with Gasteiger partial charge in [0.25, 0.3) is 0 Å². The SMILES string of the molecule is CC(C)Oc1cccc2c1nc(CCl)n2Cc1ccon1. The van der Waals surface area contributed by atoms with Crippen LogP contribution >= 0.6 is 11.6 Å². The zero-order valence-electron chi connectivity index (χ0n) is 11.9. The van der Waals surface area contributed by atoms with Crippen LogP contribution in [0.15, 0.2) is 35.1 Å². The molecule has 2 aromatic heterocycles. The van der Waals surface area contributed by atoms with Crippen molar-refractivity contribution >= 4 is 22.6 Å². The fourth-order valence-corrected chi connectivity index (χ4v) is 2.48. The third-order valence-electron chi connectivity index (χ3n) is 3.11. The summed E-state index contributed by atoms with van der Waals surface area (Å²) in [4.78, 5) is 4.61. The molecule has 0 bridgehead atoms. The number of ether oxygens (including phenoxy) is 1. The fraction of sp³-hybridized carbons (Fsp3) is 0.333. The Bertz CT molecular complexity index is 735. The highest BCUT2D eigenvalue weighted by Gasteiger charge is 2.15. The molecule has 0 saturated heterocycles. The number of rotatable bonds is 5. The molecule has 0 unspecified atom stereocenters. The van der Waals surface area contributed by atoms with Gasteiger partial charge in [0, 0.05) is 6.07 Å². The van der Waals surface area contributed by atoms with E-state index in [2.05, 4.69) is 10.1 Å². The zero-order valence-corrected chi connectivity index (χ0v) is 12.7. The summed E-state index contributed by atoms with van der Waals surface area (Å²) in [6.07, 6.45) is 1.65. The summed E-state index contributed by atoms with van der Waals surface area (Å²) >= 11 is 6.03. The van der Waals surface area contributed by atoms with Gasteiger partial charge in [0.15, 0.2) is 0 Å². The summed E-state index contributed by atoms with van der Waals surface area (Å²) in [5.41, 5.74) is 2.63. The summed E-state index contributed by atoms with van der Waals surface area (Å²) in [5, 5.41) is 3.95. The van der Waals surface area contributed by atoms with Crippen LogP contribution in [0.4, 0.5) is 0 Å². The quantitative estimate of drug-likeness (QED) is 0.676. The smallest absolute Gasteiger partial charge is 0.147 e. The van der Waals surface area contributed by atoms with Gasteiger partial charge in [-0.15, -0.1) is 11.6 Å². The van der Waals surface area contributed by atoms with Gasteiger partial charge in [0.1, 0.15) is 29.0 Å². The van der Waals surface area contributed by atoms with Crippen LogP contribution < -0.4 is 4.74 Å². The molecule has 0 saturated carbocycles. The van der Waals surface area contributed by atoms with Crippen molar-refractivity contribution in [3.05, 3.63) is 42.0 Å². The number of hydrogen-bond acceptors (Lipinski definition) is 4. The number of alkyl halides is 1. The summed E-state index contributed by atoms with van der Waals surface area (Å²) in [5.74, 6) is 1.88. The maximum absolute atomic E-state index is 6.03. The summed E-state index contributed by atoms with van der Waals surface area (Å²) < 4.78 is 12.7. The number of fused-ring (bicyclic) bond motifs is 1. The van der Waals surface area contributed by atoms with Crippen LogP contribution in [0.1, 0.15) is 25.4 Å². The molecule has 21 heavy (non-hydrogen) atoms. The number of para-hydroxylation sites is 1. The lowest BCUT2D eigenvalue weighted by molar-refractivity contribution is 0.245. The van der Waals surface area contributed by atoms with Crippen LogP contribution in [0.3, 0.4) is 0 Å². The molecule has 3 aromatic rings. The van der Waals surface area contributed by atoms with Crippen molar-refractivity contribution in [2.75, 3.05) is 0 Å². The van der Waals surface area contributed by atoms with Crippen LogP contribution in [-0.4, -0.2) is 20.8 Å². The number of halogens is 1. The molecule has 2 heterocycles. The standard InChI is InChI=1S/C15H16ClN3O2/c1-10(2)21-13-5-3-4-12-15(13)17-14(8-16)19(12)9-11-6-7-20-18-11/h3-7,10H,8-9H2,1-2H3. The molecule has 3 rings (SSSR count). The Hall–Kier alpha value is -2.01. The molecule has 0 amide bonds. The van der Waals surface area contributed by atoms with E-state index >= 15 is 0 Å². The van der Waals surface area contributed by atoms with E-state index in [-0.39, 0.29) is 6.10 Å². The average Bonchev–Trinajstić information content (AvgIpc) is 3.07. The lowest BCUT2D eigenvalue weighted by Crippen LogP contribution is -2.06. The minimum atomic E-state index is 0.0933. The second kappa shape index (κ2) is 5.77. The van der Waals surface area contributed by atoms with Crippen LogP contribution in [0.5, 0.6) is 5.75 Å². The molecule has 0 aliphatic heterocycles. The van der Waals surface area contributed by atoms with E-state index in [0.29, 0.717) is 12.4 Å². The Morgan fingerprint density at radius 1 is 1.33 bits per heavy atom. The number of nitrogens with zero attached hydrogens (tertiary/aromatic N) is 3. The highest BCUT2D eigenvalue weighted by Crippen LogP contribution is 2.28. The third kappa shape index (κ3) is 2.74. The normalized spacial score (nSPS) is 11.4. The predicted octanol–water partition coefficient (Wildman–Crippen LogP) is 3.60. The Kier molecular flexibility index (Phi) is 3.84. The summed E-state index contributed by atoms with van der Waals surface area (Å²) in [6.45, 7) is 4.56. The Morgan fingerprint density at radius 2 is 2.19 bits per heavy atom. The Morgan fingerprint density at radius 3 is 2.86 bits per heavy atom. The van der Waals surface area contributed by atoms with E-state index < -0.39 is 0 Å². The number of imidazole rings is 1. The molecule has 0 radical (unpaired) electrons. The van der Waals surface area contributed by atoms with Crippen molar-refractivity contribution in [3.63, 3.8) is 0 Å². The van der Waals surface area contributed by atoms with Gasteiger partial charge in [0.05, 0.1) is 24.0 Å². The van der Waals surface area contributed by atoms with E-state index in [9.17, 15) is 0 Å². The number of benzene rings is 1. The Labute approximate surface area is 127 Å². The monoisotopic (exact) mass is 305 g/mol. The predicted molar refractivity (Wildman–Crippen MR) is 80.7 cm³/mol. The lowest BCUT2D eigenvalue weighted by atomic mass is 10.3. The van der Waals surface area contributed by atoms with E-state index in [4.69, 9.17) is 20.9 Å². The van der Waals surface area contributed by atoms with Crippen molar-refractivity contribution in [2.45, 2.75) is 32.4 Å². The highest BCUT2D eigenvalue weighted by atomic mass is 35.5. The molecule has 0 aliphatic rings. The third-order valence-corrected chi connectivity index (χ3v) is 3.35. The van der Waals surface area contributed by atoms with Gasteiger partial charge in [-0.2, -0.15) is 0 Å². The molecular weight excluding hydrogens is 290 g/mol. The first-order valence-corrected chi connectivity index (χ1v) is 7.32. The van der Waals surface area contributed by atoms with Gasteiger partial charge in [-0.05, 0) is 26.0 Å². The maximum Gasteiger partial charge on any atom is 0.147 e. The van der Waals surface area contributed by atoms with Crippen LogP contribution in [-0.2, 0) is 12.4 Å². The fourth-order valence-electron chi connectivity index (χ4n) is 2.28.